The van der Waals surface area contributed by atoms with Crippen molar-refractivity contribution in [3.63, 3.8) is 0 Å². The van der Waals surface area contributed by atoms with E-state index in [1.807, 2.05) is 4.90 Å². The number of halogens is 2. The minimum absolute atomic E-state index is 0. The Bertz CT molecular complexity index is 448. The quantitative estimate of drug-likeness (QED) is 0.813. The molecule has 1 saturated heterocycles. The maximum atomic E-state index is 12.8. The standard InChI is InChI=1S/C16H23FN2O2.ClH/c17-14-4-2-13(3-5-14)12-16(20)19-9-6-15(7-10-19)21-11-1-8-18;/h2-5,15H,1,6-12,18H2;1H. The number of amides is 1. The molecule has 0 radical (unpaired) electrons. The highest BCUT2D eigenvalue weighted by Gasteiger charge is 2.23. The first-order valence-electron chi connectivity index (χ1n) is 7.53. The summed E-state index contributed by atoms with van der Waals surface area (Å²) >= 11 is 0. The van der Waals surface area contributed by atoms with Gasteiger partial charge in [0.05, 0.1) is 12.5 Å². The maximum absolute atomic E-state index is 12.8. The maximum Gasteiger partial charge on any atom is 0.226 e. The molecule has 4 nitrogen and oxygen atoms in total. The summed E-state index contributed by atoms with van der Waals surface area (Å²) in [5.74, 6) is -0.177. The Balaban J connectivity index is 0.00000242. The van der Waals surface area contributed by atoms with E-state index in [0.29, 0.717) is 19.6 Å². The number of hydrogen-bond donors (Lipinski definition) is 1. The van der Waals surface area contributed by atoms with Crippen molar-refractivity contribution in [2.24, 2.45) is 5.73 Å². The number of piperidine rings is 1. The van der Waals surface area contributed by atoms with E-state index in [0.717, 1.165) is 37.9 Å². The van der Waals surface area contributed by atoms with E-state index >= 15 is 0 Å². The molecule has 1 aromatic rings. The molecular weight excluding hydrogens is 307 g/mol. The molecule has 0 atom stereocenters. The van der Waals surface area contributed by atoms with Crippen molar-refractivity contribution in [3.8, 4) is 0 Å². The van der Waals surface area contributed by atoms with Crippen molar-refractivity contribution in [1.82, 2.24) is 4.90 Å². The van der Waals surface area contributed by atoms with Crippen LogP contribution in [0.4, 0.5) is 4.39 Å². The van der Waals surface area contributed by atoms with E-state index in [1.165, 1.54) is 12.1 Å². The Morgan fingerprint density at radius 3 is 2.50 bits per heavy atom. The van der Waals surface area contributed by atoms with Crippen LogP contribution in [0.25, 0.3) is 0 Å². The molecule has 1 aliphatic rings. The third kappa shape index (κ3) is 5.91. The predicted octanol–water partition coefficient (Wildman–Crippen LogP) is 2.15. The second kappa shape index (κ2) is 9.77. The predicted molar refractivity (Wildman–Crippen MR) is 86.6 cm³/mol. The Morgan fingerprint density at radius 2 is 1.91 bits per heavy atom. The van der Waals surface area contributed by atoms with Crippen molar-refractivity contribution in [3.05, 3.63) is 35.6 Å². The molecule has 0 saturated carbocycles. The van der Waals surface area contributed by atoms with E-state index in [2.05, 4.69) is 0 Å². The molecule has 0 aromatic heterocycles. The van der Waals surface area contributed by atoms with Gasteiger partial charge in [-0.1, -0.05) is 12.1 Å². The third-order valence-electron chi connectivity index (χ3n) is 3.77. The highest BCUT2D eigenvalue weighted by molar-refractivity contribution is 5.85. The second-order valence-corrected chi connectivity index (χ2v) is 5.40. The average molecular weight is 331 g/mol. The summed E-state index contributed by atoms with van der Waals surface area (Å²) in [5, 5.41) is 0. The third-order valence-corrected chi connectivity index (χ3v) is 3.77. The number of rotatable bonds is 6. The zero-order chi connectivity index (χ0) is 15.1. The lowest BCUT2D eigenvalue weighted by Gasteiger charge is -2.32. The number of likely N-dealkylation sites (tertiary alicyclic amines) is 1. The summed E-state index contributed by atoms with van der Waals surface area (Å²) in [7, 11) is 0. The monoisotopic (exact) mass is 330 g/mol. The van der Waals surface area contributed by atoms with Gasteiger partial charge in [0.1, 0.15) is 5.82 Å². The summed E-state index contributed by atoms with van der Waals surface area (Å²) in [6, 6.07) is 6.10. The van der Waals surface area contributed by atoms with E-state index in [9.17, 15) is 9.18 Å². The second-order valence-electron chi connectivity index (χ2n) is 5.40. The van der Waals surface area contributed by atoms with E-state index in [-0.39, 0.29) is 30.2 Å². The normalized spacial score (nSPS) is 15.5. The van der Waals surface area contributed by atoms with Gasteiger partial charge in [-0.05, 0) is 43.5 Å². The number of carbonyl (C=O) groups excluding carboxylic acids is 1. The molecule has 22 heavy (non-hydrogen) atoms. The van der Waals surface area contributed by atoms with Crippen molar-refractivity contribution in [2.45, 2.75) is 31.8 Å². The zero-order valence-electron chi connectivity index (χ0n) is 12.7. The zero-order valence-corrected chi connectivity index (χ0v) is 13.5. The Kier molecular flexibility index (Phi) is 8.38. The van der Waals surface area contributed by atoms with E-state index in [1.54, 1.807) is 12.1 Å². The number of ether oxygens (including phenoxy) is 1. The highest BCUT2D eigenvalue weighted by Crippen LogP contribution is 2.15. The van der Waals surface area contributed by atoms with Crippen LogP contribution >= 0.6 is 12.4 Å². The number of benzene rings is 1. The number of nitrogens with two attached hydrogens (primary N) is 1. The lowest BCUT2D eigenvalue weighted by Crippen LogP contribution is -2.41. The summed E-state index contributed by atoms with van der Waals surface area (Å²) in [5.41, 5.74) is 6.28. The van der Waals surface area contributed by atoms with Crippen LogP contribution in [0.15, 0.2) is 24.3 Å². The summed E-state index contributed by atoms with van der Waals surface area (Å²) in [6.45, 7) is 2.81. The number of hydrogen-bond acceptors (Lipinski definition) is 3. The minimum atomic E-state index is -0.276. The van der Waals surface area contributed by atoms with Gasteiger partial charge in [-0.2, -0.15) is 0 Å². The van der Waals surface area contributed by atoms with Crippen LogP contribution in [-0.2, 0) is 16.0 Å². The van der Waals surface area contributed by atoms with Crippen molar-refractivity contribution in [2.75, 3.05) is 26.2 Å². The molecule has 6 heteroatoms. The largest absolute Gasteiger partial charge is 0.378 e. The smallest absolute Gasteiger partial charge is 0.226 e. The minimum Gasteiger partial charge on any atom is -0.378 e. The van der Waals surface area contributed by atoms with Gasteiger partial charge >= 0.3 is 0 Å². The van der Waals surface area contributed by atoms with Gasteiger partial charge in [0.2, 0.25) is 5.91 Å². The fraction of sp³-hybridized carbons (Fsp3) is 0.562. The van der Waals surface area contributed by atoms with Gasteiger partial charge in [-0.25, -0.2) is 4.39 Å². The van der Waals surface area contributed by atoms with E-state index in [4.69, 9.17) is 10.5 Å². The fourth-order valence-corrected chi connectivity index (χ4v) is 2.49. The summed E-state index contributed by atoms with van der Waals surface area (Å²) in [6.07, 6.45) is 3.20. The summed E-state index contributed by atoms with van der Waals surface area (Å²) in [4.78, 5) is 14.1. The molecule has 1 amide bonds. The van der Waals surface area contributed by atoms with Crippen LogP contribution in [0, 0.1) is 5.82 Å². The molecule has 1 aliphatic heterocycles. The molecule has 1 heterocycles. The molecule has 0 spiro atoms. The van der Waals surface area contributed by atoms with Crippen molar-refractivity contribution >= 4 is 18.3 Å². The van der Waals surface area contributed by atoms with Gasteiger partial charge in [0.15, 0.2) is 0 Å². The van der Waals surface area contributed by atoms with Crippen LogP contribution in [0.2, 0.25) is 0 Å². The first-order valence-corrected chi connectivity index (χ1v) is 7.53. The Hall–Kier alpha value is -1.17. The number of carbonyl (C=O) groups is 1. The lowest BCUT2D eigenvalue weighted by atomic mass is 10.1. The van der Waals surface area contributed by atoms with Gasteiger partial charge < -0.3 is 15.4 Å². The van der Waals surface area contributed by atoms with Gasteiger partial charge in [-0.3, -0.25) is 4.79 Å². The SMILES string of the molecule is Cl.NCCCOC1CCN(C(=O)Cc2ccc(F)cc2)CC1. The molecule has 2 N–H and O–H groups in total. The van der Waals surface area contributed by atoms with Gasteiger partial charge in [-0.15, -0.1) is 12.4 Å². The molecule has 0 aliphatic carbocycles. The molecular formula is C16H24ClFN2O2. The summed E-state index contributed by atoms with van der Waals surface area (Å²) < 4.78 is 18.6. The molecule has 0 unspecified atom stereocenters. The Morgan fingerprint density at radius 1 is 1.27 bits per heavy atom. The molecule has 2 rings (SSSR count). The molecule has 0 bridgehead atoms. The highest BCUT2D eigenvalue weighted by atomic mass is 35.5. The van der Waals surface area contributed by atoms with Gasteiger partial charge in [0, 0.05) is 19.7 Å². The number of nitrogens with zero attached hydrogens (tertiary/aromatic N) is 1. The van der Waals surface area contributed by atoms with Crippen LogP contribution in [0.3, 0.4) is 0 Å². The Labute approximate surface area is 137 Å². The average Bonchev–Trinajstić information content (AvgIpc) is 2.50. The van der Waals surface area contributed by atoms with Crippen molar-refractivity contribution in [1.29, 1.82) is 0 Å². The van der Waals surface area contributed by atoms with Gasteiger partial charge in [0.25, 0.3) is 0 Å². The van der Waals surface area contributed by atoms with Crippen LogP contribution < -0.4 is 5.73 Å². The first kappa shape index (κ1) is 18.9. The molecule has 1 fully saturated rings. The topological polar surface area (TPSA) is 55.6 Å². The molecule has 1 aromatic carbocycles. The lowest BCUT2D eigenvalue weighted by molar-refractivity contribution is -0.133. The fourth-order valence-electron chi connectivity index (χ4n) is 2.49. The van der Waals surface area contributed by atoms with Crippen LogP contribution in [-0.4, -0.2) is 43.2 Å². The van der Waals surface area contributed by atoms with Crippen LogP contribution in [0.1, 0.15) is 24.8 Å². The molecule has 124 valence electrons. The van der Waals surface area contributed by atoms with E-state index < -0.39 is 0 Å². The van der Waals surface area contributed by atoms with Crippen LogP contribution in [0.5, 0.6) is 0 Å². The van der Waals surface area contributed by atoms with Crippen molar-refractivity contribution < 1.29 is 13.9 Å². The first-order chi connectivity index (χ1) is 10.2.